The Kier molecular flexibility index (Phi) is 7.84. The lowest BCUT2D eigenvalue weighted by Crippen LogP contribution is -2.36. The lowest BCUT2D eigenvalue weighted by atomic mass is 10.2. The van der Waals surface area contributed by atoms with Crippen LogP contribution >= 0.6 is 23.2 Å². The second kappa shape index (κ2) is 11.6. The van der Waals surface area contributed by atoms with E-state index in [1.165, 1.54) is 17.0 Å². The zero-order valence-corrected chi connectivity index (χ0v) is 22.0. The van der Waals surface area contributed by atoms with Gasteiger partial charge in [-0.25, -0.2) is 14.8 Å². The van der Waals surface area contributed by atoms with Crippen LogP contribution in [0, 0.1) is 11.8 Å². The van der Waals surface area contributed by atoms with E-state index in [-0.39, 0.29) is 27.9 Å². The predicted octanol–water partition coefficient (Wildman–Crippen LogP) is 4.29. The molecule has 0 bridgehead atoms. The number of carboxylic acid groups (broad SMARTS) is 1. The summed E-state index contributed by atoms with van der Waals surface area (Å²) in [5.41, 5.74) is 2.37. The van der Waals surface area contributed by atoms with E-state index in [4.69, 9.17) is 33.0 Å². The number of carbonyl (C=O) groups is 1. The number of amides is 1. The molecule has 0 atom stereocenters. The van der Waals surface area contributed by atoms with Crippen LogP contribution in [0.3, 0.4) is 0 Å². The average molecular weight is 565 g/mol. The first kappa shape index (κ1) is 26.3. The van der Waals surface area contributed by atoms with Gasteiger partial charge in [-0.1, -0.05) is 41.1 Å². The van der Waals surface area contributed by atoms with Crippen molar-refractivity contribution >= 4 is 57.5 Å². The van der Waals surface area contributed by atoms with Gasteiger partial charge in [-0.2, -0.15) is 0 Å². The van der Waals surface area contributed by atoms with Gasteiger partial charge < -0.3 is 25.4 Å². The second-order valence-corrected chi connectivity index (χ2v) is 9.29. The van der Waals surface area contributed by atoms with E-state index in [1.807, 2.05) is 24.3 Å². The van der Waals surface area contributed by atoms with Crippen molar-refractivity contribution in [2.45, 2.75) is 0 Å². The smallest absolute Gasteiger partial charge is 0.405 e. The predicted molar refractivity (Wildman–Crippen MR) is 151 cm³/mol. The molecule has 3 heterocycles. The Morgan fingerprint density at radius 3 is 2.51 bits per heavy atom. The molecule has 1 fully saturated rings. The minimum Gasteiger partial charge on any atom is -0.465 e. The molecule has 5 rings (SSSR count). The summed E-state index contributed by atoms with van der Waals surface area (Å²) in [5, 5.41) is 14.9. The average Bonchev–Trinajstić information content (AvgIpc) is 2.93. The number of hydrogen-bond acceptors (Lipinski definition) is 7. The van der Waals surface area contributed by atoms with Crippen molar-refractivity contribution in [1.82, 2.24) is 19.9 Å². The highest BCUT2D eigenvalue weighted by atomic mass is 35.5. The Bertz CT molecular complexity index is 1640. The van der Waals surface area contributed by atoms with Crippen LogP contribution in [0.4, 0.5) is 22.1 Å². The van der Waals surface area contributed by atoms with Gasteiger partial charge in [-0.3, -0.25) is 9.36 Å². The zero-order valence-electron chi connectivity index (χ0n) is 20.4. The topological polar surface area (TPSA) is 122 Å². The SMILES string of the molecule is O=C(O)NCC#Cc1cn(-c2c(Cl)cccc2Cl)c(=O)c2cnc(Nc3ccc(N4CCOCC4)cc3)nc12. The number of morpholine rings is 1. The van der Waals surface area contributed by atoms with Gasteiger partial charge in [-0.15, -0.1) is 0 Å². The molecule has 198 valence electrons. The molecule has 1 aliphatic heterocycles. The van der Waals surface area contributed by atoms with Crippen molar-refractivity contribution in [2.24, 2.45) is 0 Å². The third-order valence-electron chi connectivity index (χ3n) is 5.98. The molecule has 1 aliphatic rings. The summed E-state index contributed by atoms with van der Waals surface area (Å²) in [5.74, 6) is 5.91. The van der Waals surface area contributed by atoms with E-state index in [1.54, 1.807) is 18.2 Å². The van der Waals surface area contributed by atoms with Gasteiger partial charge in [-0.05, 0) is 36.4 Å². The van der Waals surface area contributed by atoms with E-state index in [0.29, 0.717) is 30.0 Å². The summed E-state index contributed by atoms with van der Waals surface area (Å²) in [7, 11) is 0. The van der Waals surface area contributed by atoms with Crippen molar-refractivity contribution in [2.75, 3.05) is 43.1 Å². The van der Waals surface area contributed by atoms with Gasteiger partial charge in [0.15, 0.2) is 0 Å². The fourth-order valence-electron chi connectivity index (χ4n) is 4.12. The molecule has 2 aromatic heterocycles. The number of rotatable bonds is 5. The summed E-state index contributed by atoms with van der Waals surface area (Å²) >= 11 is 12.7. The van der Waals surface area contributed by atoms with Crippen LogP contribution in [0.2, 0.25) is 10.0 Å². The lowest BCUT2D eigenvalue weighted by molar-refractivity contribution is 0.122. The highest BCUT2D eigenvalue weighted by Gasteiger charge is 2.16. The molecular weight excluding hydrogens is 543 g/mol. The second-order valence-electron chi connectivity index (χ2n) is 8.48. The minimum absolute atomic E-state index is 0.117. The molecule has 0 aliphatic carbocycles. The normalized spacial score (nSPS) is 13.0. The number of ether oxygens (including phenoxy) is 1. The summed E-state index contributed by atoms with van der Waals surface area (Å²) in [6.45, 7) is 2.96. The van der Waals surface area contributed by atoms with Crippen LogP contribution in [-0.4, -0.2) is 58.6 Å². The Labute approximate surface area is 233 Å². The van der Waals surface area contributed by atoms with E-state index in [9.17, 15) is 9.59 Å². The Balaban J connectivity index is 1.53. The van der Waals surface area contributed by atoms with Crippen LogP contribution in [0.25, 0.3) is 16.6 Å². The van der Waals surface area contributed by atoms with Gasteiger partial charge in [0.1, 0.15) is 0 Å². The van der Waals surface area contributed by atoms with Gasteiger partial charge in [0.2, 0.25) is 5.95 Å². The summed E-state index contributed by atoms with van der Waals surface area (Å²) in [6, 6.07) is 12.8. The summed E-state index contributed by atoms with van der Waals surface area (Å²) in [4.78, 5) is 35.4. The van der Waals surface area contributed by atoms with Crippen molar-refractivity contribution < 1.29 is 14.6 Å². The van der Waals surface area contributed by atoms with Gasteiger partial charge >= 0.3 is 6.09 Å². The van der Waals surface area contributed by atoms with E-state index >= 15 is 0 Å². The number of para-hydroxylation sites is 1. The van der Waals surface area contributed by atoms with Crippen LogP contribution in [-0.2, 0) is 4.74 Å². The minimum atomic E-state index is -1.20. The first-order valence-electron chi connectivity index (χ1n) is 11.9. The third kappa shape index (κ3) is 5.91. The van der Waals surface area contributed by atoms with Crippen molar-refractivity contribution in [3.8, 4) is 17.5 Å². The third-order valence-corrected chi connectivity index (χ3v) is 6.59. The van der Waals surface area contributed by atoms with E-state index < -0.39 is 11.7 Å². The molecule has 0 saturated carbocycles. The first-order valence-corrected chi connectivity index (χ1v) is 12.7. The molecule has 4 aromatic rings. The van der Waals surface area contributed by atoms with Crippen LogP contribution < -0.4 is 21.1 Å². The number of hydrogen-bond donors (Lipinski definition) is 3. The highest BCUT2D eigenvalue weighted by Crippen LogP contribution is 2.29. The molecule has 10 nitrogen and oxygen atoms in total. The molecule has 1 saturated heterocycles. The number of aromatic nitrogens is 3. The number of pyridine rings is 1. The van der Waals surface area contributed by atoms with Crippen molar-refractivity contribution in [1.29, 1.82) is 0 Å². The van der Waals surface area contributed by atoms with Gasteiger partial charge in [0, 0.05) is 36.9 Å². The van der Waals surface area contributed by atoms with Crippen LogP contribution in [0.15, 0.2) is 59.7 Å². The highest BCUT2D eigenvalue weighted by molar-refractivity contribution is 6.37. The Morgan fingerprint density at radius 1 is 1.10 bits per heavy atom. The maximum Gasteiger partial charge on any atom is 0.405 e. The quantitative estimate of drug-likeness (QED) is 0.307. The maximum atomic E-state index is 13.5. The fourth-order valence-corrected chi connectivity index (χ4v) is 4.70. The number of anilines is 3. The monoisotopic (exact) mass is 564 g/mol. The summed E-state index contributed by atoms with van der Waals surface area (Å²) < 4.78 is 6.71. The number of benzene rings is 2. The number of nitrogens with zero attached hydrogens (tertiary/aromatic N) is 4. The lowest BCUT2D eigenvalue weighted by Gasteiger charge is -2.28. The number of fused-ring (bicyclic) bond motifs is 1. The van der Waals surface area contributed by atoms with Crippen LogP contribution in [0.1, 0.15) is 5.56 Å². The standard InChI is InChI=1S/C27H22Cl2N6O4/c28-21-4-1-5-22(29)24(21)35-16-17(3-2-10-30-27(37)38)23-20(25(35)36)15-31-26(33-23)32-18-6-8-19(9-7-18)34-11-13-39-14-12-34/h1,4-9,15-16,30H,10-14H2,(H,37,38)(H,31,32,33). The largest absolute Gasteiger partial charge is 0.465 e. The molecule has 0 spiro atoms. The molecular formula is C27H22Cl2N6O4. The molecule has 0 radical (unpaired) electrons. The van der Waals surface area contributed by atoms with Gasteiger partial charge in [0.05, 0.1) is 52.0 Å². The van der Waals surface area contributed by atoms with Crippen molar-refractivity contribution in [3.05, 3.63) is 80.8 Å². The molecule has 12 heteroatoms. The van der Waals surface area contributed by atoms with Gasteiger partial charge in [0.25, 0.3) is 5.56 Å². The Morgan fingerprint density at radius 2 is 1.82 bits per heavy atom. The molecule has 0 unspecified atom stereocenters. The summed E-state index contributed by atoms with van der Waals surface area (Å²) in [6.07, 6.45) is 1.70. The van der Waals surface area contributed by atoms with Crippen molar-refractivity contribution in [3.63, 3.8) is 0 Å². The molecule has 39 heavy (non-hydrogen) atoms. The van der Waals surface area contributed by atoms with Crippen LogP contribution in [0.5, 0.6) is 0 Å². The molecule has 2 aromatic carbocycles. The van der Waals surface area contributed by atoms with E-state index in [0.717, 1.165) is 24.5 Å². The first-order chi connectivity index (χ1) is 18.9. The fraction of sp³-hybridized carbons (Fsp3) is 0.185. The number of nitrogens with one attached hydrogen (secondary N) is 2. The van der Waals surface area contributed by atoms with E-state index in [2.05, 4.69) is 37.3 Å². The zero-order chi connectivity index (χ0) is 27.4. The molecule has 1 amide bonds. The number of halogens is 2. The molecule has 3 N–H and O–H groups in total. The Hall–Kier alpha value is -4.30. The maximum absolute atomic E-state index is 13.5.